The van der Waals surface area contributed by atoms with E-state index in [0.717, 1.165) is 11.3 Å². The van der Waals surface area contributed by atoms with E-state index >= 15 is 0 Å². The maximum absolute atomic E-state index is 6.19. The molecule has 20 heavy (non-hydrogen) atoms. The summed E-state index contributed by atoms with van der Waals surface area (Å²) in [5.41, 5.74) is 9.79. The van der Waals surface area contributed by atoms with Crippen LogP contribution in [0.3, 0.4) is 0 Å². The first-order valence-electron chi connectivity index (χ1n) is 6.70. The molecule has 2 rings (SSSR count). The molecule has 0 aliphatic rings. The normalized spacial score (nSPS) is 12.0. The van der Waals surface area contributed by atoms with Gasteiger partial charge in [0, 0.05) is 0 Å². The number of hydrogen-bond acceptors (Lipinski definition) is 3. The van der Waals surface area contributed by atoms with Crippen molar-refractivity contribution in [1.82, 2.24) is 0 Å². The highest BCUT2D eigenvalue weighted by Gasteiger charge is 2.10. The SMILES string of the molecule is COc1ccccc1OCC(N)c1ccc(C)c(C)c1. The average molecular weight is 271 g/mol. The second-order valence-corrected chi connectivity index (χ2v) is 4.91. The Balaban J connectivity index is 2.04. The number of benzene rings is 2. The van der Waals surface area contributed by atoms with E-state index < -0.39 is 0 Å². The molecule has 2 aromatic carbocycles. The lowest BCUT2D eigenvalue weighted by Crippen LogP contribution is -2.19. The fraction of sp³-hybridized carbons (Fsp3) is 0.294. The van der Waals surface area contributed by atoms with Gasteiger partial charge in [-0.2, -0.15) is 0 Å². The molecule has 3 heteroatoms. The van der Waals surface area contributed by atoms with Crippen molar-refractivity contribution in [2.24, 2.45) is 5.73 Å². The third-order valence-corrected chi connectivity index (χ3v) is 3.45. The van der Waals surface area contributed by atoms with Crippen molar-refractivity contribution in [2.75, 3.05) is 13.7 Å². The molecule has 0 saturated carbocycles. The zero-order valence-corrected chi connectivity index (χ0v) is 12.2. The molecular weight excluding hydrogens is 250 g/mol. The largest absolute Gasteiger partial charge is 0.493 e. The van der Waals surface area contributed by atoms with Crippen LogP contribution in [0.15, 0.2) is 42.5 Å². The molecule has 106 valence electrons. The number of rotatable bonds is 5. The predicted molar refractivity (Wildman–Crippen MR) is 81.3 cm³/mol. The van der Waals surface area contributed by atoms with Gasteiger partial charge in [-0.05, 0) is 42.7 Å². The average Bonchev–Trinajstić information content (AvgIpc) is 2.47. The highest BCUT2D eigenvalue weighted by Crippen LogP contribution is 2.26. The van der Waals surface area contributed by atoms with Crippen LogP contribution in [0.2, 0.25) is 0 Å². The van der Waals surface area contributed by atoms with E-state index in [9.17, 15) is 0 Å². The molecule has 2 N–H and O–H groups in total. The quantitative estimate of drug-likeness (QED) is 0.906. The van der Waals surface area contributed by atoms with Gasteiger partial charge in [-0.15, -0.1) is 0 Å². The van der Waals surface area contributed by atoms with Crippen molar-refractivity contribution < 1.29 is 9.47 Å². The van der Waals surface area contributed by atoms with Crippen LogP contribution in [-0.2, 0) is 0 Å². The Morgan fingerprint density at radius 3 is 2.35 bits per heavy atom. The van der Waals surface area contributed by atoms with Gasteiger partial charge in [0.15, 0.2) is 11.5 Å². The fourth-order valence-corrected chi connectivity index (χ4v) is 2.01. The number of nitrogens with two attached hydrogens (primary N) is 1. The Morgan fingerprint density at radius 1 is 1.00 bits per heavy atom. The molecule has 0 amide bonds. The Kier molecular flexibility index (Phi) is 4.64. The smallest absolute Gasteiger partial charge is 0.161 e. The molecule has 0 fully saturated rings. The fourth-order valence-electron chi connectivity index (χ4n) is 2.01. The zero-order valence-electron chi connectivity index (χ0n) is 12.2. The summed E-state index contributed by atoms with van der Waals surface area (Å²) >= 11 is 0. The molecule has 0 radical (unpaired) electrons. The van der Waals surface area contributed by atoms with Crippen LogP contribution in [0.25, 0.3) is 0 Å². The summed E-state index contributed by atoms with van der Waals surface area (Å²) in [7, 11) is 1.63. The summed E-state index contributed by atoms with van der Waals surface area (Å²) in [5, 5.41) is 0. The molecule has 0 aromatic heterocycles. The van der Waals surface area contributed by atoms with Crippen molar-refractivity contribution in [2.45, 2.75) is 19.9 Å². The predicted octanol–water partition coefficient (Wildman–Crippen LogP) is 3.39. The van der Waals surface area contributed by atoms with E-state index in [4.69, 9.17) is 15.2 Å². The summed E-state index contributed by atoms with van der Waals surface area (Å²) in [6.07, 6.45) is 0. The van der Waals surface area contributed by atoms with E-state index in [1.807, 2.05) is 24.3 Å². The number of para-hydroxylation sites is 2. The van der Waals surface area contributed by atoms with Gasteiger partial charge >= 0.3 is 0 Å². The molecule has 0 bridgehead atoms. The topological polar surface area (TPSA) is 44.5 Å². The molecule has 0 aliphatic carbocycles. The van der Waals surface area contributed by atoms with Crippen molar-refractivity contribution >= 4 is 0 Å². The second kappa shape index (κ2) is 6.44. The molecule has 0 heterocycles. The van der Waals surface area contributed by atoms with Crippen LogP contribution >= 0.6 is 0 Å². The highest BCUT2D eigenvalue weighted by atomic mass is 16.5. The van der Waals surface area contributed by atoms with Gasteiger partial charge in [-0.1, -0.05) is 30.3 Å². The summed E-state index contributed by atoms with van der Waals surface area (Å²) < 4.78 is 11.0. The van der Waals surface area contributed by atoms with E-state index in [1.165, 1.54) is 11.1 Å². The van der Waals surface area contributed by atoms with E-state index in [0.29, 0.717) is 12.4 Å². The zero-order chi connectivity index (χ0) is 14.5. The van der Waals surface area contributed by atoms with Crippen LogP contribution in [0.5, 0.6) is 11.5 Å². The van der Waals surface area contributed by atoms with Gasteiger partial charge in [0.05, 0.1) is 13.2 Å². The first-order chi connectivity index (χ1) is 9.61. The van der Waals surface area contributed by atoms with Crippen LogP contribution in [0.1, 0.15) is 22.7 Å². The Bertz CT molecular complexity index is 581. The van der Waals surface area contributed by atoms with Gasteiger partial charge < -0.3 is 15.2 Å². The van der Waals surface area contributed by atoms with E-state index in [1.54, 1.807) is 7.11 Å². The lowest BCUT2D eigenvalue weighted by atomic mass is 10.0. The minimum absolute atomic E-state index is 0.154. The summed E-state index contributed by atoms with van der Waals surface area (Å²) in [5.74, 6) is 1.44. The minimum Gasteiger partial charge on any atom is -0.493 e. The van der Waals surface area contributed by atoms with Crippen LogP contribution in [0.4, 0.5) is 0 Å². The first-order valence-corrected chi connectivity index (χ1v) is 6.70. The number of aryl methyl sites for hydroxylation is 2. The van der Waals surface area contributed by atoms with Gasteiger partial charge in [-0.3, -0.25) is 0 Å². The van der Waals surface area contributed by atoms with Crippen molar-refractivity contribution in [1.29, 1.82) is 0 Å². The second-order valence-electron chi connectivity index (χ2n) is 4.91. The third-order valence-electron chi connectivity index (χ3n) is 3.45. The van der Waals surface area contributed by atoms with Gasteiger partial charge in [-0.25, -0.2) is 0 Å². The lowest BCUT2D eigenvalue weighted by molar-refractivity contribution is 0.273. The van der Waals surface area contributed by atoms with Gasteiger partial charge in [0.25, 0.3) is 0 Å². The number of methoxy groups -OCH3 is 1. The van der Waals surface area contributed by atoms with Crippen molar-refractivity contribution in [3.63, 3.8) is 0 Å². The summed E-state index contributed by atoms with van der Waals surface area (Å²) in [6.45, 7) is 4.60. The summed E-state index contributed by atoms with van der Waals surface area (Å²) in [6, 6.07) is 13.7. The summed E-state index contributed by atoms with van der Waals surface area (Å²) in [4.78, 5) is 0. The molecule has 0 spiro atoms. The maximum atomic E-state index is 6.19. The molecule has 0 saturated heterocycles. The Morgan fingerprint density at radius 2 is 1.70 bits per heavy atom. The third kappa shape index (κ3) is 3.31. The minimum atomic E-state index is -0.154. The van der Waals surface area contributed by atoms with Crippen LogP contribution < -0.4 is 15.2 Å². The van der Waals surface area contributed by atoms with Crippen LogP contribution in [0, 0.1) is 13.8 Å². The molecule has 1 unspecified atom stereocenters. The monoisotopic (exact) mass is 271 g/mol. The highest BCUT2D eigenvalue weighted by molar-refractivity contribution is 5.39. The molecule has 3 nitrogen and oxygen atoms in total. The van der Waals surface area contributed by atoms with Crippen LogP contribution in [-0.4, -0.2) is 13.7 Å². The standard InChI is InChI=1S/C17H21NO2/c1-12-8-9-14(10-13(12)2)15(18)11-20-17-7-5-4-6-16(17)19-3/h4-10,15H,11,18H2,1-3H3. The van der Waals surface area contributed by atoms with E-state index in [-0.39, 0.29) is 6.04 Å². The molecule has 1 atom stereocenters. The van der Waals surface area contributed by atoms with Gasteiger partial charge in [0.1, 0.15) is 6.61 Å². The van der Waals surface area contributed by atoms with Crippen molar-refractivity contribution in [3.8, 4) is 11.5 Å². The molecule has 2 aromatic rings. The Labute approximate surface area is 120 Å². The van der Waals surface area contributed by atoms with Crippen molar-refractivity contribution in [3.05, 3.63) is 59.2 Å². The Hall–Kier alpha value is -2.00. The molecular formula is C17H21NO2. The molecule has 0 aliphatic heterocycles. The van der Waals surface area contributed by atoms with E-state index in [2.05, 4.69) is 32.0 Å². The van der Waals surface area contributed by atoms with Gasteiger partial charge in [0.2, 0.25) is 0 Å². The lowest BCUT2D eigenvalue weighted by Gasteiger charge is -2.16. The maximum Gasteiger partial charge on any atom is 0.161 e. The first kappa shape index (κ1) is 14.4. The number of ether oxygens (including phenoxy) is 2. The number of hydrogen-bond donors (Lipinski definition) is 1.